The molecule has 0 bridgehead atoms. The number of nitro groups is 1. The summed E-state index contributed by atoms with van der Waals surface area (Å²) in [5.41, 5.74) is -2.59. The first-order valence-electron chi connectivity index (χ1n) is 11.6. The zero-order valence-corrected chi connectivity index (χ0v) is 20.8. The molecule has 0 unspecified atom stereocenters. The molecule has 2 heterocycles. The van der Waals surface area contributed by atoms with Crippen LogP contribution in [0.2, 0.25) is 0 Å². The van der Waals surface area contributed by atoms with E-state index in [-0.39, 0.29) is 22.1 Å². The minimum Gasteiger partial charge on any atom is -0.461 e. The van der Waals surface area contributed by atoms with Crippen LogP contribution in [-0.4, -0.2) is 60.5 Å². The normalized spacial score (nSPS) is 21.5. The van der Waals surface area contributed by atoms with Gasteiger partial charge in [0, 0.05) is 50.2 Å². The molecule has 8 nitrogen and oxygen atoms in total. The Balaban J connectivity index is 1.41. The lowest BCUT2D eigenvalue weighted by Gasteiger charge is -2.38. The number of rotatable bonds is 6. The highest BCUT2D eigenvalue weighted by molar-refractivity contribution is 7.22. The SMILES string of the molecule is O=C(CCl)OC1CCC(CN2CCN(c3cc(=O)c4cc(C(F)(F)F)cc([N+](=O)[O-])c4s3)CC2)CC1. The van der Waals surface area contributed by atoms with Gasteiger partial charge in [-0.1, -0.05) is 0 Å². The molecule has 0 radical (unpaired) electrons. The van der Waals surface area contributed by atoms with Gasteiger partial charge in [-0.05, 0) is 37.7 Å². The number of esters is 1. The number of nitro benzene ring substituents is 1. The molecular formula is C23H25ClF3N3O5S. The van der Waals surface area contributed by atoms with E-state index in [0.717, 1.165) is 56.7 Å². The fourth-order valence-corrected chi connectivity index (χ4v) is 6.11. The van der Waals surface area contributed by atoms with Crippen molar-refractivity contribution in [2.45, 2.75) is 38.0 Å². The lowest BCUT2D eigenvalue weighted by molar-refractivity contribution is -0.383. The molecule has 0 atom stereocenters. The zero-order valence-electron chi connectivity index (χ0n) is 19.3. The number of halogens is 4. The third kappa shape index (κ3) is 6.09. The largest absolute Gasteiger partial charge is 0.461 e. The van der Waals surface area contributed by atoms with Crippen LogP contribution in [0, 0.1) is 16.0 Å². The lowest BCUT2D eigenvalue weighted by atomic mass is 9.87. The number of piperazine rings is 1. The third-order valence-electron chi connectivity index (χ3n) is 6.72. The van der Waals surface area contributed by atoms with Crippen LogP contribution in [-0.2, 0) is 15.7 Å². The number of hydrogen-bond acceptors (Lipinski definition) is 8. The molecule has 1 saturated carbocycles. The summed E-state index contributed by atoms with van der Waals surface area (Å²) in [6.45, 7) is 3.56. The number of benzene rings is 1. The Morgan fingerprint density at radius 2 is 1.81 bits per heavy atom. The first-order chi connectivity index (χ1) is 17.0. The third-order valence-corrected chi connectivity index (χ3v) is 8.16. The standard InChI is InChI=1S/C23H25ClF3N3O5S/c24-12-21(32)35-16-3-1-14(2-4-16)13-28-5-7-29(8-6-28)20-11-19(31)17-9-15(23(25,26)27)10-18(30(33)34)22(17)36-20/h9-11,14,16H,1-8,12-13H2. The van der Waals surface area contributed by atoms with Gasteiger partial charge in [-0.15, -0.1) is 22.9 Å². The summed E-state index contributed by atoms with van der Waals surface area (Å²) in [7, 11) is 0. The van der Waals surface area contributed by atoms with E-state index in [9.17, 15) is 32.9 Å². The first-order valence-corrected chi connectivity index (χ1v) is 13.0. The molecule has 1 aliphatic heterocycles. The number of anilines is 1. The number of nitrogens with zero attached hydrogens (tertiary/aromatic N) is 3. The van der Waals surface area contributed by atoms with Crippen molar-refractivity contribution in [3.63, 3.8) is 0 Å². The first kappa shape index (κ1) is 26.6. The van der Waals surface area contributed by atoms with Crippen molar-refractivity contribution in [1.82, 2.24) is 4.90 Å². The van der Waals surface area contributed by atoms with Crippen LogP contribution in [0.5, 0.6) is 0 Å². The van der Waals surface area contributed by atoms with E-state index >= 15 is 0 Å². The number of carbonyl (C=O) groups excluding carboxylic acids is 1. The van der Waals surface area contributed by atoms with E-state index in [0.29, 0.717) is 36.1 Å². The van der Waals surface area contributed by atoms with Gasteiger partial charge < -0.3 is 9.64 Å². The van der Waals surface area contributed by atoms with Gasteiger partial charge in [0.05, 0.1) is 15.5 Å². The number of ether oxygens (including phenoxy) is 1. The van der Waals surface area contributed by atoms with Gasteiger partial charge in [0.1, 0.15) is 16.7 Å². The van der Waals surface area contributed by atoms with Crippen molar-refractivity contribution in [2.24, 2.45) is 5.92 Å². The van der Waals surface area contributed by atoms with Crippen molar-refractivity contribution in [1.29, 1.82) is 0 Å². The Morgan fingerprint density at radius 3 is 2.39 bits per heavy atom. The second-order valence-corrected chi connectivity index (χ2v) is 10.4. The fourth-order valence-electron chi connectivity index (χ4n) is 4.85. The average molecular weight is 548 g/mol. The molecule has 0 amide bonds. The maximum Gasteiger partial charge on any atom is 0.416 e. The number of non-ortho nitro benzene ring substituents is 1. The zero-order chi connectivity index (χ0) is 26.0. The van der Waals surface area contributed by atoms with Crippen LogP contribution in [0.15, 0.2) is 23.0 Å². The van der Waals surface area contributed by atoms with Gasteiger partial charge in [-0.25, -0.2) is 0 Å². The summed E-state index contributed by atoms with van der Waals surface area (Å²) >= 11 is 6.47. The number of carbonyl (C=O) groups is 1. The van der Waals surface area contributed by atoms with Crippen molar-refractivity contribution in [3.05, 3.63) is 44.1 Å². The quantitative estimate of drug-likeness (QED) is 0.225. The van der Waals surface area contributed by atoms with Gasteiger partial charge in [-0.2, -0.15) is 13.2 Å². The minimum atomic E-state index is -4.79. The van der Waals surface area contributed by atoms with Crippen molar-refractivity contribution < 1.29 is 27.6 Å². The molecule has 1 aromatic heterocycles. The molecule has 13 heteroatoms. The van der Waals surface area contributed by atoms with E-state index in [2.05, 4.69) is 4.90 Å². The van der Waals surface area contributed by atoms with Crippen molar-refractivity contribution in [2.75, 3.05) is 43.5 Å². The van der Waals surface area contributed by atoms with Crippen LogP contribution < -0.4 is 10.3 Å². The van der Waals surface area contributed by atoms with E-state index in [4.69, 9.17) is 16.3 Å². The fraction of sp³-hybridized carbons (Fsp3) is 0.565. The summed E-state index contributed by atoms with van der Waals surface area (Å²) in [6, 6.07) is 2.45. The molecule has 0 spiro atoms. The number of fused-ring (bicyclic) bond motifs is 1. The van der Waals surface area contributed by atoms with Gasteiger partial charge in [0.2, 0.25) is 0 Å². The summed E-state index contributed by atoms with van der Waals surface area (Å²) in [4.78, 5) is 38.9. The van der Waals surface area contributed by atoms with E-state index < -0.39 is 33.7 Å². The lowest BCUT2D eigenvalue weighted by Crippen LogP contribution is -2.48. The Labute approximate surface area is 213 Å². The summed E-state index contributed by atoms with van der Waals surface area (Å²) in [5, 5.41) is 11.7. The van der Waals surface area contributed by atoms with Crippen LogP contribution >= 0.6 is 22.9 Å². The van der Waals surface area contributed by atoms with Gasteiger partial charge in [-0.3, -0.25) is 24.6 Å². The van der Waals surface area contributed by atoms with Crippen molar-refractivity contribution >= 4 is 49.7 Å². The highest BCUT2D eigenvalue weighted by Gasteiger charge is 2.34. The molecule has 2 fully saturated rings. The molecule has 2 aliphatic rings. The number of alkyl halides is 4. The smallest absolute Gasteiger partial charge is 0.416 e. The molecule has 1 aliphatic carbocycles. The highest BCUT2D eigenvalue weighted by Crippen LogP contribution is 2.39. The Kier molecular flexibility index (Phi) is 8.06. The average Bonchev–Trinajstić information content (AvgIpc) is 2.84. The van der Waals surface area contributed by atoms with E-state index in [1.165, 1.54) is 6.07 Å². The maximum atomic E-state index is 13.2. The predicted molar refractivity (Wildman–Crippen MR) is 131 cm³/mol. The highest BCUT2D eigenvalue weighted by atomic mass is 35.5. The summed E-state index contributed by atoms with van der Waals surface area (Å²) < 4.78 is 44.8. The number of hydrogen-bond donors (Lipinski definition) is 0. The molecule has 0 N–H and O–H groups in total. The Bertz CT molecular complexity index is 1190. The second-order valence-electron chi connectivity index (χ2n) is 9.13. The molecule has 1 aromatic carbocycles. The minimum absolute atomic E-state index is 0.0513. The molecule has 1 saturated heterocycles. The van der Waals surface area contributed by atoms with Crippen molar-refractivity contribution in [3.8, 4) is 0 Å². The van der Waals surface area contributed by atoms with Crippen LogP contribution in [0.3, 0.4) is 0 Å². The van der Waals surface area contributed by atoms with Gasteiger partial charge >= 0.3 is 12.1 Å². The summed E-state index contributed by atoms with van der Waals surface area (Å²) in [6.07, 6.45) is -1.33. The maximum absolute atomic E-state index is 13.2. The molecule has 4 rings (SSSR count). The van der Waals surface area contributed by atoms with Gasteiger partial charge in [0.25, 0.3) is 5.69 Å². The van der Waals surface area contributed by atoms with E-state index in [1.807, 2.05) is 4.90 Å². The Morgan fingerprint density at radius 1 is 1.14 bits per heavy atom. The Hall–Kier alpha value is -2.44. The van der Waals surface area contributed by atoms with Crippen LogP contribution in [0.25, 0.3) is 10.1 Å². The molecular weight excluding hydrogens is 523 g/mol. The van der Waals surface area contributed by atoms with Crippen LogP contribution in [0.1, 0.15) is 31.2 Å². The summed E-state index contributed by atoms with van der Waals surface area (Å²) in [5.74, 6) is -0.0408. The van der Waals surface area contributed by atoms with Gasteiger partial charge in [0.15, 0.2) is 5.43 Å². The molecule has 2 aromatic rings. The second kappa shape index (κ2) is 10.9. The molecule has 196 valence electrons. The molecule has 36 heavy (non-hydrogen) atoms. The predicted octanol–water partition coefficient (Wildman–Crippen LogP) is 4.65. The van der Waals surface area contributed by atoms with E-state index in [1.54, 1.807) is 0 Å². The topological polar surface area (TPSA) is 93.0 Å². The van der Waals surface area contributed by atoms with Crippen LogP contribution in [0.4, 0.5) is 23.9 Å². The monoisotopic (exact) mass is 547 g/mol.